The van der Waals surface area contributed by atoms with Gasteiger partial charge in [0.15, 0.2) is 0 Å². The highest BCUT2D eigenvalue weighted by molar-refractivity contribution is 5.94. The minimum atomic E-state index is 0.190. The summed E-state index contributed by atoms with van der Waals surface area (Å²) in [6, 6.07) is 9.66. The first-order chi connectivity index (χ1) is 7.11. The second-order valence-corrected chi connectivity index (χ2v) is 4.10. The normalized spacial score (nSPS) is 11.1. The van der Waals surface area contributed by atoms with Crippen LogP contribution in [0.2, 0.25) is 0 Å². The number of anilines is 1. The summed E-state index contributed by atoms with van der Waals surface area (Å²) in [5.74, 6) is 0.631. The molecule has 0 fully saturated rings. The Morgan fingerprint density at radius 2 is 1.80 bits per heavy atom. The number of hydrogen-bond donors (Lipinski definition) is 2. The Bertz CT molecular complexity index is 503. The van der Waals surface area contributed by atoms with Crippen LogP contribution in [0, 0.1) is 0 Å². The van der Waals surface area contributed by atoms with Gasteiger partial charge in [-0.15, -0.1) is 0 Å². The highest BCUT2D eigenvalue weighted by Crippen LogP contribution is 2.34. The maximum Gasteiger partial charge on any atom is 0.146 e. The van der Waals surface area contributed by atoms with Crippen LogP contribution < -0.4 is 5.73 Å². The molecule has 0 amide bonds. The SMILES string of the molecule is CC(C)c1cccc2c(O)c(N)ccc12. The fourth-order valence-corrected chi connectivity index (χ4v) is 1.89. The minimum Gasteiger partial charge on any atom is -0.505 e. The molecule has 2 nitrogen and oxygen atoms in total. The predicted molar refractivity (Wildman–Crippen MR) is 64.1 cm³/mol. The third-order valence-electron chi connectivity index (χ3n) is 2.72. The predicted octanol–water partition coefficient (Wildman–Crippen LogP) is 3.25. The summed E-state index contributed by atoms with van der Waals surface area (Å²) in [4.78, 5) is 0. The fraction of sp³-hybridized carbons (Fsp3) is 0.231. The topological polar surface area (TPSA) is 46.2 Å². The van der Waals surface area contributed by atoms with E-state index in [1.807, 2.05) is 18.2 Å². The van der Waals surface area contributed by atoms with Crippen molar-refractivity contribution in [2.24, 2.45) is 0 Å². The highest BCUT2D eigenvalue weighted by atomic mass is 16.3. The monoisotopic (exact) mass is 201 g/mol. The molecule has 0 heterocycles. The van der Waals surface area contributed by atoms with Crippen LogP contribution in [0.1, 0.15) is 25.3 Å². The standard InChI is InChI=1S/C13H15NO/c1-8(2)9-4-3-5-11-10(9)6-7-12(14)13(11)15/h3-8,15H,14H2,1-2H3. The first-order valence-corrected chi connectivity index (χ1v) is 5.11. The summed E-state index contributed by atoms with van der Waals surface area (Å²) in [6.45, 7) is 4.28. The van der Waals surface area contributed by atoms with Gasteiger partial charge in [0.2, 0.25) is 0 Å². The Balaban J connectivity index is 2.83. The van der Waals surface area contributed by atoms with Crippen molar-refractivity contribution >= 4 is 16.5 Å². The van der Waals surface area contributed by atoms with Gasteiger partial charge in [0.05, 0.1) is 5.69 Å². The van der Waals surface area contributed by atoms with Gasteiger partial charge in [-0.05, 0) is 22.9 Å². The van der Waals surface area contributed by atoms with E-state index in [-0.39, 0.29) is 5.75 Å². The Morgan fingerprint density at radius 1 is 1.07 bits per heavy atom. The van der Waals surface area contributed by atoms with E-state index in [0.29, 0.717) is 11.6 Å². The molecule has 0 aliphatic heterocycles. The second kappa shape index (κ2) is 3.46. The van der Waals surface area contributed by atoms with Crippen LogP contribution in [0.3, 0.4) is 0 Å². The van der Waals surface area contributed by atoms with Crippen LogP contribution in [-0.2, 0) is 0 Å². The molecular weight excluding hydrogens is 186 g/mol. The molecule has 0 bridgehead atoms. The average Bonchev–Trinajstić information content (AvgIpc) is 2.23. The van der Waals surface area contributed by atoms with Crippen molar-refractivity contribution in [3.05, 3.63) is 35.9 Å². The first-order valence-electron chi connectivity index (χ1n) is 5.11. The molecule has 15 heavy (non-hydrogen) atoms. The number of fused-ring (bicyclic) bond motifs is 1. The molecule has 3 N–H and O–H groups in total. The summed E-state index contributed by atoms with van der Waals surface area (Å²) in [5.41, 5.74) is 7.33. The van der Waals surface area contributed by atoms with E-state index in [0.717, 1.165) is 10.8 Å². The molecule has 0 saturated carbocycles. The number of benzene rings is 2. The number of nitrogens with two attached hydrogens (primary N) is 1. The molecule has 0 saturated heterocycles. The fourth-order valence-electron chi connectivity index (χ4n) is 1.89. The van der Waals surface area contributed by atoms with Gasteiger partial charge in [0.1, 0.15) is 5.75 Å². The van der Waals surface area contributed by atoms with E-state index >= 15 is 0 Å². The summed E-state index contributed by atoms with van der Waals surface area (Å²) in [7, 11) is 0. The number of hydrogen-bond acceptors (Lipinski definition) is 2. The van der Waals surface area contributed by atoms with E-state index in [1.54, 1.807) is 6.07 Å². The van der Waals surface area contributed by atoms with Gasteiger partial charge in [-0.2, -0.15) is 0 Å². The zero-order valence-electron chi connectivity index (χ0n) is 8.99. The average molecular weight is 201 g/mol. The van der Waals surface area contributed by atoms with Crippen molar-refractivity contribution in [3.8, 4) is 5.75 Å². The largest absolute Gasteiger partial charge is 0.505 e. The van der Waals surface area contributed by atoms with Crippen molar-refractivity contribution in [1.82, 2.24) is 0 Å². The van der Waals surface area contributed by atoms with Gasteiger partial charge in [0.25, 0.3) is 0 Å². The zero-order valence-corrected chi connectivity index (χ0v) is 8.99. The van der Waals surface area contributed by atoms with Crippen molar-refractivity contribution in [1.29, 1.82) is 0 Å². The molecule has 2 aromatic carbocycles. The van der Waals surface area contributed by atoms with Crippen LogP contribution >= 0.6 is 0 Å². The highest BCUT2D eigenvalue weighted by Gasteiger charge is 2.08. The molecule has 0 aliphatic carbocycles. The van der Waals surface area contributed by atoms with Gasteiger partial charge in [-0.3, -0.25) is 0 Å². The smallest absolute Gasteiger partial charge is 0.146 e. The van der Waals surface area contributed by atoms with Crippen LogP contribution in [-0.4, -0.2) is 5.11 Å². The van der Waals surface area contributed by atoms with Gasteiger partial charge < -0.3 is 10.8 Å². The van der Waals surface area contributed by atoms with E-state index in [9.17, 15) is 5.11 Å². The molecule has 0 spiro atoms. The summed E-state index contributed by atoms with van der Waals surface area (Å²) < 4.78 is 0. The molecule has 2 rings (SSSR count). The number of aromatic hydroxyl groups is 1. The Morgan fingerprint density at radius 3 is 2.47 bits per heavy atom. The van der Waals surface area contributed by atoms with Crippen LogP contribution in [0.15, 0.2) is 30.3 Å². The quantitative estimate of drug-likeness (QED) is 0.549. The molecule has 0 radical (unpaired) electrons. The number of nitrogen functional groups attached to an aromatic ring is 1. The Labute approximate surface area is 89.3 Å². The summed E-state index contributed by atoms with van der Waals surface area (Å²) in [6.07, 6.45) is 0. The molecule has 0 atom stereocenters. The first kappa shape index (κ1) is 9.84. The van der Waals surface area contributed by atoms with Crippen LogP contribution in [0.4, 0.5) is 5.69 Å². The summed E-state index contributed by atoms with van der Waals surface area (Å²) in [5, 5.41) is 11.8. The molecule has 0 unspecified atom stereocenters. The van der Waals surface area contributed by atoms with E-state index in [4.69, 9.17) is 5.73 Å². The van der Waals surface area contributed by atoms with Gasteiger partial charge in [-0.1, -0.05) is 38.1 Å². The lowest BCUT2D eigenvalue weighted by atomic mass is 9.95. The van der Waals surface area contributed by atoms with Crippen molar-refractivity contribution < 1.29 is 5.11 Å². The third-order valence-corrected chi connectivity index (χ3v) is 2.72. The molecular formula is C13H15NO. The number of phenolic OH excluding ortho intramolecular Hbond substituents is 1. The molecule has 0 aromatic heterocycles. The summed E-state index contributed by atoms with van der Waals surface area (Å²) >= 11 is 0. The molecule has 2 heteroatoms. The van der Waals surface area contributed by atoms with E-state index in [1.165, 1.54) is 5.56 Å². The van der Waals surface area contributed by atoms with Gasteiger partial charge in [0, 0.05) is 5.39 Å². The maximum absolute atomic E-state index is 9.84. The lowest BCUT2D eigenvalue weighted by molar-refractivity contribution is 0.484. The van der Waals surface area contributed by atoms with Crippen molar-refractivity contribution in [2.45, 2.75) is 19.8 Å². The number of phenols is 1. The van der Waals surface area contributed by atoms with Crippen molar-refractivity contribution in [3.63, 3.8) is 0 Å². The Hall–Kier alpha value is -1.70. The minimum absolute atomic E-state index is 0.190. The molecule has 0 aliphatic rings. The second-order valence-electron chi connectivity index (χ2n) is 4.10. The van der Waals surface area contributed by atoms with Crippen molar-refractivity contribution in [2.75, 3.05) is 5.73 Å². The molecule has 2 aromatic rings. The lowest BCUT2D eigenvalue weighted by Gasteiger charge is -2.11. The van der Waals surface area contributed by atoms with Crippen LogP contribution in [0.25, 0.3) is 10.8 Å². The third kappa shape index (κ3) is 1.52. The van der Waals surface area contributed by atoms with E-state index < -0.39 is 0 Å². The van der Waals surface area contributed by atoms with Gasteiger partial charge in [-0.25, -0.2) is 0 Å². The Kier molecular flexibility index (Phi) is 2.27. The lowest BCUT2D eigenvalue weighted by Crippen LogP contribution is -1.91. The molecule has 78 valence electrons. The van der Waals surface area contributed by atoms with Gasteiger partial charge >= 0.3 is 0 Å². The zero-order chi connectivity index (χ0) is 11.0. The number of rotatable bonds is 1. The van der Waals surface area contributed by atoms with Crippen LogP contribution in [0.5, 0.6) is 5.75 Å². The van der Waals surface area contributed by atoms with E-state index in [2.05, 4.69) is 19.9 Å². The maximum atomic E-state index is 9.84.